The second-order valence-electron chi connectivity index (χ2n) is 8.64. The number of hydrogen-bond donors (Lipinski definition) is 2. The molecule has 1 fully saturated rings. The van der Waals surface area contributed by atoms with Gasteiger partial charge in [0.1, 0.15) is 6.04 Å². The predicted octanol–water partition coefficient (Wildman–Crippen LogP) is 2.28. The molecule has 0 bridgehead atoms. The minimum Gasteiger partial charge on any atom is -0.466 e. The Morgan fingerprint density at radius 3 is 2.47 bits per heavy atom. The highest BCUT2D eigenvalue weighted by molar-refractivity contribution is 5.96. The van der Waals surface area contributed by atoms with Crippen molar-refractivity contribution in [2.24, 2.45) is 23.7 Å². The van der Waals surface area contributed by atoms with Gasteiger partial charge in [-0.05, 0) is 39.5 Å². The van der Waals surface area contributed by atoms with Crippen LogP contribution in [-0.2, 0) is 19.1 Å². The molecule has 2 amide bonds. The Labute approximate surface area is 180 Å². The number of carbonyl (C=O) groups is 3. The molecular formula is C23H38N2O5. The van der Waals surface area contributed by atoms with Gasteiger partial charge in [0.05, 0.1) is 31.1 Å². The fraction of sp³-hybridized carbons (Fsp3) is 0.783. The van der Waals surface area contributed by atoms with Gasteiger partial charge in [-0.3, -0.25) is 14.4 Å². The second kappa shape index (κ2) is 10.9. The Hall–Kier alpha value is -1.89. The van der Waals surface area contributed by atoms with E-state index in [0.29, 0.717) is 0 Å². The Morgan fingerprint density at radius 1 is 1.20 bits per heavy atom. The number of rotatable bonds is 10. The van der Waals surface area contributed by atoms with Crippen LogP contribution >= 0.6 is 0 Å². The summed E-state index contributed by atoms with van der Waals surface area (Å²) in [5.74, 6) is -2.59. The van der Waals surface area contributed by atoms with Gasteiger partial charge in [0.2, 0.25) is 11.8 Å². The number of amides is 2. The van der Waals surface area contributed by atoms with Gasteiger partial charge in [-0.1, -0.05) is 38.8 Å². The Morgan fingerprint density at radius 2 is 1.90 bits per heavy atom. The summed E-state index contributed by atoms with van der Waals surface area (Å²) in [4.78, 5) is 41.1. The molecule has 170 valence electrons. The fourth-order valence-corrected chi connectivity index (χ4v) is 5.01. The number of carbonyl (C=O) groups excluding carboxylic acids is 3. The maximum atomic E-state index is 13.5. The molecule has 1 heterocycles. The van der Waals surface area contributed by atoms with E-state index >= 15 is 0 Å². The van der Waals surface area contributed by atoms with Gasteiger partial charge < -0.3 is 20.1 Å². The molecule has 0 aromatic rings. The predicted molar refractivity (Wildman–Crippen MR) is 114 cm³/mol. The summed E-state index contributed by atoms with van der Waals surface area (Å²) in [5.41, 5.74) is 0. The lowest BCUT2D eigenvalue weighted by atomic mass is 9.68. The zero-order chi connectivity index (χ0) is 22.4. The number of fused-ring (bicyclic) bond motifs is 1. The average molecular weight is 423 g/mol. The number of likely N-dealkylation sites (tertiary alicyclic amines) is 1. The lowest BCUT2D eigenvalue weighted by molar-refractivity contribution is -0.156. The largest absolute Gasteiger partial charge is 0.466 e. The van der Waals surface area contributed by atoms with Crippen molar-refractivity contribution in [3.8, 4) is 0 Å². The molecule has 2 N–H and O–H groups in total. The molecular weight excluding hydrogens is 384 g/mol. The van der Waals surface area contributed by atoms with Crippen molar-refractivity contribution in [2.75, 3.05) is 13.2 Å². The molecule has 0 radical (unpaired) electrons. The molecule has 30 heavy (non-hydrogen) atoms. The first-order valence-corrected chi connectivity index (χ1v) is 11.4. The summed E-state index contributed by atoms with van der Waals surface area (Å²) in [7, 11) is 0. The van der Waals surface area contributed by atoms with E-state index in [0.717, 1.165) is 25.7 Å². The SMILES string of the molecule is CCCC(C)NC(=O)[C@@H]1[C@H]2C=C[C@@H](CCC)[C@@H](C(=O)OCC)[C@H]2C(=O)N1[C@H](C)CO. The van der Waals surface area contributed by atoms with Gasteiger partial charge >= 0.3 is 5.97 Å². The van der Waals surface area contributed by atoms with Gasteiger partial charge in [0.15, 0.2) is 0 Å². The minimum atomic E-state index is -0.736. The number of aliphatic hydroxyl groups is 1. The quantitative estimate of drug-likeness (QED) is 0.416. The lowest BCUT2D eigenvalue weighted by Gasteiger charge is -2.34. The zero-order valence-electron chi connectivity index (χ0n) is 19.0. The van der Waals surface area contributed by atoms with Crippen LogP contribution in [0.2, 0.25) is 0 Å². The maximum absolute atomic E-state index is 13.5. The van der Waals surface area contributed by atoms with Crippen molar-refractivity contribution in [2.45, 2.75) is 78.4 Å². The van der Waals surface area contributed by atoms with Gasteiger partial charge in [0, 0.05) is 12.0 Å². The van der Waals surface area contributed by atoms with Gasteiger partial charge in [0.25, 0.3) is 0 Å². The summed E-state index contributed by atoms with van der Waals surface area (Å²) in [6.45, 7) is 9.54. The smallest absolute Gasteiger partial charge is 0.310 e. The van der Waals surface area contributed by atoms with Crippen LogP contribution in [-0.4, -0.2) is 59.1 Å². The van der Waals surface area contributed by atoms with Crippen molar-refractivity contribution < 1.29 is 24.2 Å². The molecule has 0 aromatic carbocycles. The molecule has 0 aromatic heterocycles. The summed E-state index contributed by atoms with van der Waals surface area (Å²) in [5, 5.41) is 12.8. The van der Waals surface area contributed by atoms with E-state index in [-0.39, 0.29) is 43.0 Å². The van der Waals surface area contributed by atoms with E-state index in [1.54, 1.807) is 13.8 Å². The van der Waals surface area contributed by atoms with Crippen molar-refractivity contribution in [1.82, 2.24) is 10.2 Å². The van der Waals surface area contributed by atoms with E-state index in [1.807, 2.05) is 26.0 Å². The van der Waals surface area contributed by atoms with E-state index in [4.69, 9.17) is 4.74 Å². The standard InChI is InChI=1S/C23H38N2O5/c1-6-9-14(4)24-21(27)20-17-12-11-16(10-7-2)18(23(29)30-8-3)19(17)22(28)25(20)15(5)13-26/h11-12,14-20,26H,6-10,13H2,1-5H3,(H,24,27)/t14?,15-,16-,17+,18-,19+,20+/m1/s1. The molecule has 1 saturated heterocycles. The van der Waals surface area contributed by atoms with E-state index in [9.17, 15) is 19.5 Å². The number of allylic oxidation sites excluding steroid dienone is 1. The third-order valence-corrected chi connectivity index (χ3v) is 6.35. The van der Waals surface area contributed by atoms with Crippen molar-refractivity contribution >= 4 is 17.8 Å². The molecule has 1 unspecified atom stereocenters. The molecule has 2 aliphatic rings. The van der Waals surface area contributed by atoms with Crippen LogP contribution in [0.1, 0.15) is 60.3 Å². The first-order chi connectivity index (χ1) is 14.3. The first-order valence-electron chi connectivity index (χ1n) is 11.4. The third kappa shape index (κ3) is 4.88. The number of esters is 1. The van der Waals surface area contributed by atoms with Crippen molar-refractivity contribution in [3.05, 3.63) is 12.2 Å². The summed E-state index contributed by atoms with van der Waals surface area (Å²) in [6.07, 6.45) is 7.37. The number of nitrogens with zero attached hydrogens (tertiary/aromatic N) is 1. The molecule has 7 nitrogen and oxygen atoms in total. The van der Waals surface area contributed by atoms with Gasteiger partial charge in [-0.25, -0.2) is 0 Å². The maximum Gasteiger partial charge on any atom is 0.310 e. The van der Waals surface area contributed by atoms with Crippen molar-refractivity contribution in [3.63, 3.8) is 0 Å². The van der Waals surface area contributed by atoms with E-state index < -0.39 is 29.8 Å². The topological polar surface area (TPSA) is 95.9 Å². The van der Waals surface area contributed by atoms with Gasteiger partial charge in [-0.2, -0.15) is 0 Å². The van der Waals surface area contributed by atoms with Crippen molar-refractivity contribution in [1.29, 1.82) is 0 Å². The molecule has 0 saturated carbocycles. The van der Waals surface area contributed by atoms with Crippen LogP contribution in [0.3, 0.4) is 0 Å². The van der Waals surface area contributed by atoms with Crippen LogP contribution in [0.25, 0.3) is 0 Å². The monoisotopic (exact) mass is 422 g/mol. The highest BCUT2D eigenvalue weighted by Crippen LogP contribution is 2.46. The lowest BCUT2D eigenvalue weighted by Crippen LogP contribution is -2.52. The van der Waals surface area contributed by atoms with E-state index in [1.165, 1.54) is 4.90 Å². The molecule has 0 spiro atoms. The second-order valence-corrected chi connectivity index (χ2v) is 8.64. The Bertz CT molecular complexity index is 650. The molecule has 1 aliphatic carbocycles. The molecule has 7 heteroatoms. The number of aliphatic hydroxyl groups excluding tert-OH is 1. The summed E-state index contributed by atoms with van der Waals surface area (Å²) >= 11 is 0. The Kier molecular flexibility index (Phi) is 8.89. The molecule has 7 atom stereocenters. The van der Waals surface area contributed by atoms with E-state index in [2.05, 4.69) is 12.2 Å². The number of nitrogens with one attached hydrogen (secondary N) is 1. The summed E-state index contributed by atoms with van der Waals surface area (Å²) < 4.78 is 5.34. The fourth-order valence-electron chi connectivity index (χ4n) is 5.01. The van der Waals surface area contributed by atoms with Crippen LogP contribution < -0.4 is 5.32 Å². The highest BCUT2D eigenvalue weighted by atomic mass is 16.5. The minimum absolute atomic E-state index is 0.0100. The van der Waals surface area contributed by atoms with Crippen LogP contribution in [0.4, 0.5) is 0 Å². The zero-order valence-corrected chi connectivity index (χ0v) is 19.0. The van der Waals surface area contributed by atoms with Gasteiger partial charge in [-0.15, -0.1) is 0 Å². The molecule has 2 rings (SSSR count). The Balaban J connectivity index is 2.44. The molecule has 1 aliphatic heterocycles. The highest BCUT2D eigenvalue weighted by Gasteiger charge is 2.58. The number of hydrogen-bond acceptors (Lipinski definition) is 5. The average Bonchev–Trinajstić information content (AvgIpc) is 3.00. The van der Waals surface area contributed by atoms with Crippen LogP contribution in [0, 0.1) is 23.7 Å². The normalized spacial score (nSPS) is 30.0. The van der Waals surface area contributed by atoms with Crippen LogP contribution in [0.5, 0.6) is 0 Å². The summed E-state index contributed by atoms with van der Waals surface area (Å²) in [6, 6.07) is -1.26. The number of ether oxygens (including phenoxy) is 1. The van der Waals surface area contributed by atoms with Crippen LogP contribution in [0.15, 0.2) is 12.2 Å². The first kappa shape index (κ1) is 24.4. The third-order valence-electron chi connectivity index (χ3n) is 6.35.